The van der Waals surface area contributed by atoms with Crippen molar-refractivity contribution in [1.29, 1.82) is 0 Å². The Morgan fingerprint density at radius 2 is 1.75 bits per heavy atom. The number of hydrogen-bond donors (Lipinski definition) is 1. The molecule has 0 saturated heterocycles. The summed E-state index contributed by atoms with van der Waals surface area (Å²) >= 11 is 0. The summed E-state index contributed by atoms with van der Waals surface area (Å²) in [4.78, 5) is 0. The van der Waals surface area contributed by atoms with Gasteiger partial charge in [0.05, 0.1) is 0 Å². The Morgan fingerprint density at radius 1 is 1.15 bits per heavy atom. The van der Waals surface area contributed by atoms with Crippen LogP contribution in [-0.2, 0) is 0 Å². The van der Waals surface area contributed by atoms with Crippen LogP contribution >= 0.6 is 0 Å². The molecule has 1 saturated carbocycles. The van der Waals surface area contributed by atoms with E-state index < -0.39 is 0 Å². The van der Waals surface area contributed by atoms with Crippen LogP contribution in [0.2, 0.25) is 0 Å². The smallest absolute Gasteiger partial charge is 0.129 e. The minimum absolute atomic E-state index is 0.0540. The van der Waals surface area contributed by atoms with E-state index in [-0.39, 0.29) is 5.82 Å². The zero-order valence-electron chi connectivity index (χ0n) is 13.1. The van der Waals surface area contributed by atoms with Crippen molar-refractivity contribution in [2.45, 2.75) is 65.3 Å². The number of rotatable bonds is 5. The molecule has 0 radical (unpaired) electrons. The maximum Gasteiger partial charge on any atom is 0.129 e. The number of hydrogen-bond acceptors (Lipinski definition) is 1. The van der Waals surface area contributed by atoms with Gasteiger partial charge in [0.1, 0.15) is 5.82 Å². The molecule has 1 N–H and O–H groups in total. The van der Waals surface area contributed by atoms with E-state index in [4.69, 9.17) is 0 Å². The van der Waals surface area contributed by atoms with E-state index in [1.54, 1.807) is 0 Å². The zero-order valence-corrected chi connectivity index (χ0v) is 13.1. The molecule has 2 rings (SSSR count). The molecule has 0 heterocycles. The van der Waals surface area contributed by atoms with Crippen molar-refractivity contribution in [2.75, 3.05) is 6.54 Å². The van der Waals surface area contributed by atoms with Crippen LogP contribution < -0.4 is 5.32 Å². The average Bonchev–Trinajstić information content (AvgIpc) is 2.45. The fraction of sp³-hybridized carbons (Fsp3) is 0.667. The molecule has 0 bridgehead atoms. The fourth-order valence-electron chi connectivity index (χ4n) is 3.52. The summed E-state index contributed by atoms with van der Waals surface area (Å²) in [5.74, 6) is 0.778. The lowest BCUT2D eigenvalue weighted by Gasteiger charge is -2.28. The molecule has 1 aromatic carbocycles. The molecule has 0 aliphatic heterocycles. The monoisotopic (exact) mass is 277 g/mol. The van der Waals surface area contributed by atoms with E-state index in [0.717, 1.165) is 23.6 Å². The van der Waals surface area contributed by atoms with Gasteiger partial charge in [-0.15, -0.1) is 0 Å². The van der Waals surface area contributed by atoms with Crippen molar-refractivity contribution in [3.63, 3.8) is 0 Å². The van der Waals surface area contributed by atoms with E-state index in [1.165, 1.54) is 44.1 Å². The van der Waals surface area contributed by atoms with Crippen LogP contribution in [0.15, 0.2) is 12.1 Å². The molecular formula is C18H28FN. The molecule has 1 aliphatic carbocycles. The highest BCUT2D eigenvalue weighted by atomic mass is 19.1. The number of halogens is 1. The van der Waals surface area contributed by atoms with Crippen molar-refractivity contribution < 1.29 is 4.39 Å². The Hall–Kier alpha value is -0.890. The van der Waals surface area contributed by atoms with Gasteiger partial charge >= 0.3 is 0 Å². The first-order valence-corrected chi connectivity index (χ1v) is 8.11. The van der Waals surface area contributed by atoms with Gasteiger partial charge < -0.3 is 5.32 Å². The maximum absolute atomic E-state index is 13.8. The lowest BCUT2D eigenvalue weighted by Crippen LogP contribution is -2.24. The third-order valence-corrected chi connectivity index (χ3v) is 4.61. The van der Waals surface area contributed by atoms with Gasteiger partial charge in [0.15, 0.2) is 0 Å². The van der Waals surface area contributed by atoms with Gasteiger partial charge in [-0.05, 0) is 49.4 Å². The Morgan fingerprint density at radius 3 is 2.30 bits per heavy atom. The molecule has 1 nitrogen and oxygen atoms in total. The lowest BCUT2D eigenvalue weighted by molar-refractivity contribution is 0.301. The van der Waals surface area contributed by atoms with Gasteiger partial charge in [-0.3, -0.25) is 0 Å². The van der Waals surface area contributed by atoms with Gasteiger partial charge in [-0.25, -0.2) is 4.39 Å². The summed E-state index contributed by atoms with van der Waals surface area (Å²) in [6, 6.07) is 4.43. The molecular weight excluding hydrogens is 249 g/mol. The summed E-state index contributed by atoms with van der Waals surface area (Å²) < 4.78 is 13.8. The third kappa shape index (κ3) is 3.82. The van der Waals surface area contributed by atoms with Crippen molar-refractivity contribution in [3.8, 4) is 0 Å². The van der Waals surface area contributed by atoms with Crippen molar-refractivity contribution in [3.05, 3.63) is 34.6 Å². The Bertz CT molecular complexity index is 412. The van der Waals surface area contributed by atoms with Crippen LogP contribution in [0, 0.1) is 25.6 Å². The molecule has 2 heteroatoms. The maximum atomic E-state index is 13.8. The average molecular weight is 277 g/mol. The second kappa shape index (κ2) is 7.21. The summed E-state index contributed by atoms with van der Waals surface area (Å²) in [6.45, 7) is 6.86. The minimum atomic E-state index is -0.0540. The zero-order chi connectivity index (χ0) is 14.5. The van der Waals surface area contributed by atoms with Crippen LogP contribution in [0.1, 0.15) is 68.2 Å². The van der Waals surface area contributed by atoms with Crippen molar-refractivity contribution in [2.24, 2.45) is 5.92 Å². The molecule has 1 fully saturated rings. The van der Waals surface area contributed by atoms with Crippen LogP contribution in [-0.4, -0.2) is 6.54 Å². The first-order valence-electron chi connectivity index (χ1n) is 8.11. The molecule has 0 spiro atoms. The fourth-order valence-corrected chi connectivity index (χ4v) is 3.52. The van der Waals surface area contributed by atoms with E-state index in [2.05, 4.69) is 12.2 Å². The van der Waals surface area contributed by atoms with Crippen molar-refractivity contribution in [1.82, 2.24) is 5.32 Å². The molecule has 0 aromatic heterocycles. The highest BCUT2D eigenvalue weighted by Crippen LogP contribution is 2.32. The summed E-state index contributed by atoms with van der Waals surface area (Å²) in [5, 5.41) is 3.60. The molecule has 1 unspecified atom stereocenters. The minimum Gasteiger partial charge on any atom is -0.310 e. The van der Waals surface area contributed by atoms with Gasteiger partial charge in [0.2, 0.25) is 0 Å². The first-order chi connectivity index (χ1) is 9.61. The largest absolute Gasteiger partial charge is 0.310 e. The van der Waals surface area contributed by atoms with Crippen LogP contribution in [0.25, 0.3) is 0 Å². The lowest BCUT2D eigenvalue weighted by atomic mass is 9.83. The Kier molecular flexibility index (Phi) is 5.59. The van der Waals surface area contributed by atoms with Crippen LogP contribution in [0.3, 0.4) is 0 Å². The van der Waals surface area contributed by atoms with E-state index in [1.807, 2.05) is 26.0 Å². The van der Waals surface area contributed by atoms with E-state index >= 15 is 0 Å². The van der Waals surface area contributed by atoms with Crippen LogP contribution in [0.4, 0.5) is 4.39 Å². The predicted molar refractivity (Wildman–Crippen MR) is 83.5 cm³/mol. The van der Waals surface area contributed by atoms with Gasteiger partial charge in [0.25, 0.3) is 0 Å². The number of nitrogens with one attached hydrogen (secondary N) is 1. The predicted octanol–water partition coefficient (Wildman–Crippen LogP) is 5.06. The summed E-state index contributed by atoms with van der Waals surface area (Å²) in [7, 11) is 0. The summed E-state index contributed by atoms with van der Waals surface area (Å²) in [6.07, 6.45) is 8.08. The standard InChI is InChI=1S/C18H28FN/c1-4-20-17(12-15-8-6-5-7-9-15)16-10-13(2)18(19)14(3)11-16/h10-11,15,17,20H,4-9,12H2,1-3H3. The molecule has 1 aromatic rings. The van der Waals surface area contributed by atoms with Gasteiger partial charge in [0, 0.05) is 6.04 Å². The normalized spacial score (nSPS) is 18.2. The van der Waals surface area contributed by atoms with E-state index in [9.17, 15) is 4.39 Å². The molecule has 20 heavy (non-hydrogen) atoms. The summed E-state index contributed by atoms with van der Waals surface area (Å²) in [5.41, 5.74) is 2.80. The first kappa shape index (κ1) is 15.5. The topological polar surface area (TPSA) is 12.0 Å². The van der Waals surface area contributed by atoms with Crippen LogP contribution in [0.5, 0.6) is 0 Å². The van der Waals surface area contributed by atoms with Gasteiger partial charge in [-0.1, -0.05) is 51.2 Å². The highest BCUT2D eigenvalue weighted by molar-refractivity contribution is 5.32. The second-order valence-electron chi connectivity index (χ2n) is 6.32. The SMILES string of the molecule is CCNC(CC1CCCCC1)c1cc(C)c(F)c(C)c1. The Balaban J connectivity index is 2.14. The molecule has 1 atom stereocenters. The second-order valence-corrected chi connectivity index (χ2v) is 6.32. The van der Waals surface area contributed by atoms with Crippen molar-refractivity contribution >= 4 is 0 Å². The van der Waals surface area contributed by atoms with Gasteiger partial charge in [-0.2, -0.15) is 0 Å². The Labute approximate surface area is 123 Å². The van der Waals surface area contributed by atoms with E-state index in [0.29, 0.717) is 6.04 Å². The quantitative estimate of drug-likeness (QED) is 0.793. The third-order valence-electron chi connectivity index (χ3n) is 4.61. The molecule has 112 valence electrons. The highest BCUT2D eigenvalue weighted by Gasteiger charge is 2.20. The molecule has 0 amide bonds. The number of benzene rings is 1. The number of aryl methyl sites for hydroxylation is 2. The molecule has 1 aliphatic rings.